The van der Waals surface area contributed by atoms with Gasteiger partial charge in [-0.05, 0) is 37.5 Å². The molecule has 1 N–H and O–H groups in total. The lowest BCUT2D eigenvalue weighted by Crippen LogP contribution is -2.24. The van der Waals surface area contributed by atoms with E-state index in [2.05, 4.69) is 0 Å². The van der Waals surface area contributed by atoms with Crippen LogP contribution in [-0.2, 0) is 11.2 Å². The molecule has 0 heterocycles. The number of alkyl halides is 2. The summed E-state index contributed by atoms with van der Waals surface area (Å²) < 4.78 is 26.9. The lowest BCUT2D eigenvalue weighted by Gasteiger charge is -2.18. The number of carbonyl (C=O) groups is 1. The van der Waals surface area contributed by atoms with Crippen molar-refractivity contribution in [1.82, 2.24) is 0 Å². The molecule has 0 fully saturated rings. The van der Waals surface area contributed by atoms with Gasteiger partial charge in [-0.25, -0.2) is 8.78 Å². The zero-order valence-corrected chi connectivity index (χ0v) is 10.2. The fraction of sp³-hybridized carbons (Fsp3) is 0.462. The smallest absolute Gasteiger partial charge is 0.309 e. The zero-order chi connectivity index (χ0) is 13.2. The van der Waals surface area contributed by atoms with Gasteiger partial charge in [-0.3, -0.25) is 4.79 Å². The molecular formula is C13H16F2O2. The van der Waals surface area contributed by atoms with Crippen molar-refractivity contribution in [2.75, 3.05) is 0 Å². The van der Waals surface area contributed by atoms with Gasteiger partial charge in [-0.2, -0.15) is 0 Å². The van der Waals surface area contributed by atoms with Crippen molar-refractivity contribution < 1.29 is 18.7 Å². The largest absolute Gasteiger partial charge is 0.481 e. The van der Waals surface area contributed by atoms with E-state index in [0.29, 0.717) is 5.56 Å². The molecule has 94 valence electrons. The molecule has 0 unspecified atom stereocenters. The van der Waals surface area contributed by atoms with Gasteiger partial charge in [0.2, 0.25) is 0 Å². The SMILES string of the molecule is Cc1cc(C)c(CC(F)(F)CC(=O)O)c(C)c1. The maximum absolute atomic E-state index is 13.4. The van der Waals surface area contributed by atoms with E-state index in [1.165, 1.54) is 0 Å². The Kier molecular flexibility index (Phi) is 3.86. The van der Waals surface area contributed by atoms with E-state index in [1.807, 2.05) is 19.1 Å². The summed E-state index contributed by atoms with van der Waals surface area (Å²) in [7, 11) is 0. The minimum atomic E-state index is -3.20. The fourth-order valence-corrected chi connectivity index (χ4v) is 2.03. The van der Waals surface area contributed by atoms with Crippen molar-refractivity contribution in [3.8, 4) is 0 Å². The second-order valence-corrected chi connectivity index (χ2v) is 4.48. The van der Waals surface area contributed by atoms with Crippen molar-refractivity contribution in [2.24, 2.45) is 0 Å². The van der Waals surface area contributed by atoms with E-state index in [0.717, 1.165) is 16.7 Å². The van der Waals surface area contributed by atoms with E-state index in [9.17, 15) is 13.6 Å². The number of benzene rings is 1. The maximum atomic E-state index is 13.4. The van der Waals surface area contributed by atoms with E-state index in [-0.39, 0.29) is 0 Å². The van der Waals surface area contributed by atoms with E-state index < -0.39 is 24.7 Å². The molecule has 0 aromatic heterocycles. The molecule has 1 aromatic carbocycles. The standard InChI is InChI=1S/C13H16F2O2/c1-8-4-9(2)11(10(3)5-8)6-13(14,15)7-12(16)17/h4-5H,6-7H2,1-3H3,(H,16,17). The van der Waals surface area contributed by atoms with E-state index >= 15 is 0 Å². The average Bonchev–Trinajstić information content (AvgIpc) is 2.09. The van der Waals surface area contributed by atoms with Crippen LogP contribution in [0.5, 0.6) is 0 Å². The molecule has 4 heteroatoms. The molecule has 0 saturated carbocycles. The minimum Gasteiger partial charge on any atom is -0.481 e. The Hall–Kier alpha value is -1.45. The Morgan fingerprint density at radius 3 is 2.12 bits per heavy atom. The first-order chi connectivity index (χ1) is 7.71. The number of carboxylic acid groups (broad SMARTS) is 1. The van der Waals surface area contributed by atoms with Gasteiger partial charge in [-0.15, -0.1) is 0 Å². The topological polar surface area (TPSA) is 37.3 Å². The molecule has 0 amide bonds. The molecule has 0 spiro atoms. The Bertz CT molecular complexity index is 416. The summed E-state index contributed by atoms with van der Waals surface area (Å²) in [5, 5.41) is 8.43. The third kappa shape index (κ3) is 3.80. The van der Waals surface area contributed by atoms with Crippen molar-refractivity contribution in [2.45, 2.75) is 39.5 Å². The fourth-order valence-electron chi connectivity index (χ4n) is 2.03. The lowest BCUT2D eigenvalue weighted by atomic mass is 9.94. The molecule has 0 atom stereocenters. The lowest BCUT2D eigenvalue weighted by molar-refractivity contribution is -0.144. The highest BCUT2D eigenvalue weighted by Crippen LogP contribution is 2.28. The highest BCUT2D eigenvalue weighted by atomic mass is 19.3. The van der Waals surface area contributed by atoms with Crippen LogP contribution in [0.4, 0.5) is 8.78 Å². The number of rotatable bonds is 4. The second kappa shape index (κ2) is 4.82. The Balaban J connectivity index is 2.99. The quantitative estimate of drug-likeness (QED) is 0.879. The van der Waals surface area contributed by atoms with Crippen LogP contribution in [0.3, 0.4) is 0 Å². The molecule has 0 aliphatic heterocycles. The molecule has 0 radical (unpaired) electrons. The summed E-state index contributed by atoms with van der Waals surface area (Å²) in [5.41, 5.74) is 3.13. The number of aryl methyl sites for hydroxylation is 3. The van der Waals surface area contributed by atoms with Crippen molar-refractivity contribution in [1.29, 1.82) is 0 Å². The normalized spacial score (nSPS) is 11.6. The molecule has 0 aliphatic carbocycles. The van der Waals surface area contributed by atoms with Gasteiger partial charge in [0.25, 0.3) is 5.92 Å². The molecule has 0 saturated heterocycles. The first-order valence-electron chi connectivity index (χ1n) is 5.37. The Morgan fingerprint density at radius 1 is 1.24 bits per heavy atom. The maximum Gasteiger partial charge on any atom is 0.309 e. The van der Waals surface area contributed by atoms with Crippen molar-refractivity contribution in [3.63, 3.8) is 0 Å². The summed E-state index contributed by atoms with van der Waals surface area (Å²) in [6, 6.07) is 3.67. The highest BCUT2D eigenvalue weighted by molar-refractivity contribution is 5.67. The van der Waals surface area contributed by atoms with Gasteiger partial charge >= 0.3 is 5.97 Å². The monoisotopic (exact) mass is 242 g/mol. The van der Waals surface area contributed by atoms with Crippen LogP contribution < -0.4 is 0 Å². The van der Waals surface area contributed by atoms with Crippen LogP contribution in [0.1, 0.15) is 28.7 Å². The number of hydrogen-bond acceptors (Lipinski definition) is 1. The highest BCUT2D eigenvalue weighted by Gasteiger charge is 2.33. The van der Waals surface area contributed by atoms with Crippen LogP contribution >= 0.6 is 0 Å². The molecule has 0 bridgehead atoms. The summed E-state index contributed by atoms with van der Waals surface area (Å²) in [4.78, 5) is 10.3. The summed E-state index contributed by atoms with van der Waals surface area (Å²) in [5.74, 6) is -4.67. The van der Waals surface area contributed by atoms with Crippen LogP contribution in [0.15, 0.2) is 12.1 Å². The predicted octanol–water partition coefficient (Wildman–Crippen LogP) is 3.26. The Morgan fingerprint density at radius 2 is 1.71 bits per heavy atom. The number of carboxylic acids is 1. The van der Waals surface area contributed by atoms with Crippen LogP contribution in [-0.4, -0.2) is 17.0 Å². The first-order valence-corrected chi connectivity index (χ1v) is 5.37. The van der Waals surface area contributed by atoms with Gasteiger partial charge in [0, 0.05) is 6.42 Å². The predicted molar refractivity (Wildman–Crippen MR) is 61.6 cm³/mol. The van der Waals surface area contributed by atoms with Crippen LogP contribution in [0.2, 0.25) is 0 Å². The number of aliphatic carboxylic acids is 1. The summed E-state index contributed by atoms with van der Waals surface area (Å²) in [6.07, 6.45) is -1.64. The second-order valence-electron chi connectivity index (χ2n) is 4.48. The van der Waals surface area contributed by atoms with E-state index in [4.69, 9.17) is 5.11 Å². The van der Waals surface area contributed by atoms with Crippen molar-refractivity contribution >= 4 is 5.97 Å². The number of halogens is 2. The molecule has 1 aromatic rings. The molecule has 17 heavy (non-hydrogen) atoms. The molecule has 2 nitrogen and oxygen atoms in total. The zero-order valence-electron chi connectivity index (χ0n) is 10.2. The van der Waals surface area contributed by atoms with Gasteiger partial charge in [0.15, 0.2) is 0 Å². The number of hydrogen-bond donors (Lipinski definition) is 1. The Labute approximate surface area is 99.3 Å². The third-order valence-electron chi connectivity index (χ3n) is 2.69. The molecule has 1 rings (SSSR count). The van der Waals surface area contributed by atoms with Gasteiger partial charge < -0.3 is 5.11 Å². The van der Waals surface area contributed by atoms with Gasteiger partial charge in [-0.1, -0.05) is 17.7 Å². The van der Waals surface area contributed by atoms with Gasteiger partial charge in [0.05, 0.1) is 0 Å². The van der Waals surface area contributed by atoms with E-state index in [1.54, 1.807) is 13.8 Å². The van der Waals surface area contributed by atoms with Gasteiger partial charge in [0.1, 0.15) is 6.42 Å². The minimum absolute atomic E-state index is 0.517. The van der Waals surface area contributed by atoms with Crippen molar-refractivity contribution in [3.05, 3.63) is 34.4 Å². The summed E-state index contributed by atoms with van der Waals surface area (Å²) in [6.45, 7) is 5.44. The third-order valence-corrected chi connectivity index (χ3v) is 2.69. The molecular weight excluding hydrogens is 226 g/mol. The average molecular weight is 242 g/mol. The molecule has 0 aliphatic rings. The summed E-state index contributed by atoms with van der Waals surface area (Å²) >= 11 is 0. The van der Waals surface area contributed by atoms with Crippen LogP contribution in [0.25, 0.3) is 0 Å². The van der Waals surface area contributed by atoms with Crippen LogP contribution in [0, 0.1) is 20.8 Å². The first kappa shape index (κ1) is 13.6.